The van der Waals surface area contributed by atoms with Crippen LogP contribution in [0.25, 0.3) is 22.4 Å². The van der Waals surface area contributed by atoms with Crippen LogP contribution in [-0.4, -0.2) is 67.3 Å². The lowest BCUT2D eigenvalue weighted by Gasteiger charge is -2.42. The van der Waals surface area contributed by atoms with Gasteiger partial charge in [0, 0.05) is 48.7 Å². The highest BCUT2D eigenvalue weighted by Crippen LogP contribution is 2.24. The predicted molar refractivity (Wildman–Crippen MR) is 147 cm³/mol. The van der Waals surface area contributed by atoms with E-state index in [0.29, 0.717) is 22.9 Å². The summed E-state index contributed by atoms with van der Waals surface area (Å²) in [5.41, 5.74) is 2.16. The predicted octanol–water partition coefficient (Wildman–Crippen LogP) is 4.64. The van der Waals surface area contributed by atoms with Crippen LogP contribution in [0, 0.1) is 0 Å². The Morgan fingerprint density at radius 2 is 1.73 bits per heavy atom. The fourth-order valence-corrected chi connectivity index (χ4v) is 4.65. The molecule has 9 heteroatoms. The number of nitrogens with zero attached hydrogens (tertiary/aromatic N) is 7. The molecule has 1 aliphatic heterocycles. The summed E-state index contributed by atoms with van der Waals surface area (Å²) in [4.78, 5) is 27.4. The Morgan fingerprint density at radius 1 is 0.973 bits per heavy atom. The fourth-order valence-electron chi connectivity index (χ4n) is 4.65. The first-order chi connectivity index (χ1) is 17.7. The number of carbonyl (C=O) groups is 1. The molecule has 0 bridgehead atoms. The second-order valence-electron chi connectivity index (χ2n) is 10.7. The molecule has 0 radical (unpaired) electrons. The zero-order chi connectivity index (χ0) is 26.2. The molecule has 3 aromatic heterocycles. The van der Waals surface area contributed by atoms with Crippen molar-refractivity contribution in [1.82, 2.24) is 29.6 Å². The molecule has 0 spiro atoms. The van der Waals surface area contributed by atoms with E-state index in [9.17, 15) is 4.79 Å². The molecule has 9 nitrogen and oxygen atoms in total. The number of piperazine rings is 1. The number of amides is 1. The molecule has 1 N–H and O–H groups in total. The first-order valence-electron chi connectivity index (χ1n) is 12.8. The quantitative estimate of drug-likeness (QED) is 0.428. The van der Waals surface area contributed by atoms with E-state index in [1.807, 2.05) is 34.9 Å². The minimum Gasteiger partial charge on any atom is -0.354 e. The topological polar surface area (TPSA) is 92.1 Å². The average Bonchev–Trinajstić information content (AvgIpc) is 3.38. The van der Waals surface area contributed by atoms with E-state index >= 15 is 0 Å². The summed E-state index contributed by atoms with van der Waals surface area (Å²) in [6.07, 6.45) is 1.69. The molecule has 1 saturated heterocycles. The van der Waals surface area contributed by atoms with Gasteiger partial charge in [0.15, 0.2) is 5.82 Å². The normalized spacial score (nSPS) is 14.9. The maximum atomic E-state index is 13.1. The van der Waals surface area contributed by atoms with Gasteiger partial charge in [0.05, 0.1) is 5.52 Å². The second kappa shape index (κ2) is 9.89. The Morgan fingerprint density at radius 3 is 2.46 bits per heavy atom. The number of anilines is 2. The van der Waals surface area contributed by atoms with Crippen LogP contribution in [0.4, 0.5) is 11.6 Å². The van der Waals surface area contributed by atoms with Crippen LogP contribution in [-0.2, 0) is 0 Å². The highest BCUT2D eigenvalue weighted by Gasteiger charge is 2.26. The third kappa shape index (κ3) is 5.32. The van der Waals surface area contributed by atoms with Crippen LogP contribution < -0.4 is 10.2 Å². The summed E-state index contributed by atoms with van der Waals surface area (Å²) in [5, 5.41) is 12.1. The lowest BCUT2D eigenvalue weighted by atomic mass is 10.0. The number of hydrogen-bond donors (Lipinski definition) is 1. The van der Waals surface area contributed by atoms with E-state index in [1.165, 1.54) is 0 Å². The number of pyridine rings is 2. The summed E-state index contributed by atoms with van der Waals surface area (Å²) >= 11 is 0. The van der Waals surface area contributed by atoms with Crippen LogP contribution in [0.3, 0.4) is 0 Å². The summed E-state index contributed by atoms with van der Waals surface area (Å²) in [6, 6.07) is 15.4. The number of rotatable bonds is 5. The lowest BCUT2D eigenvalue weighted by molar-refractivity contribution is 0.102. The molecule has 192 valence electrons. The van der Waals surface area contributed by atoms with E-state index in [2.05, 4.69) is 77.0 Å². The Bertz CT molecular complexity index is 1410. The summed E-state index contributed by atoms with van der Waals surface area (Å²) in [7, 11) is 0. The Labute approximate surface area is 217 Å². The number of hydrogen-bond acceptors (Lipinski definition) is 7. The van der Waals surface area contributed by atoms with Gasteiger partial charge in [-0.3, -0.25) is 9.69 Å². The molecular formula is C28H34N8O. The summed E-state index contributed by atoms with van der Waals surface area (Å²) in [5.74, 6) is 1.83. The van der Waals surface area contributed by atoms with Gasteiger partial charge < -0.3 is 14.8 Å². The number of carbonyl (C=O) groups excluding carboxylic acids is 1. The van der Waals surface area contributed by atoms with Crippen LogP contribution in [0.1, 0.15) is 51.0 Å². The second-order valence-corrected chi connectivity index (χ2v) is 10.7. The van der Waals surface area contributed by atoms with Gasteiger partial charge in [0.2, 0.25) is 0 Å². The van der Waals surface area contributed by atoms with Gasteiger partial charge in [-0.15, -0.1) is 10.2 Å². The van der Waals surface area contributed by atoms with E-state index in [1.54, 1.807) is 12.4 Å². The zero-order valence-electron chi connectivity index (χ0n) is 22.1. The van der Waals surface area contributed by atoms with Crippen molar-refractivity contribution in [2.75, 3.05) is 36.4 Å². The van der Waals surface area contributed by atoms with Gasteiger partial charge in [-0.2, -0.15) is 0 Å². The smallest absolute Gasteiger partial charge is 0.256 e. The fraction of sp³-hybridized carbons (Fsp3) is 0.393. The molecule has 1 fully saturated rings. The SMILES string of the molecule is CC(C)n1cnnc1-c1cccc(NC(=O)c2ccc3ccc(N4CCN(C(C)(C)C)CC4)nc3c2)n1. The van der Waals surface area contributed by atoms with Crippen molar-refractivity contribution in [3.63, 3.8) is 0 Å². The summed E-state index contributed by atoms with van der Waals surface area (Å²) in [6.45, 7) is 14.8. The first kappa shape index (κ1) is 24.8. The van der Waals surface area contributed by atoms with Gasteiger partial charge in [-0.25, -0.2) is 9.97 Å². The van der Waals surface area contributed by atoms with Crippen molar-refractivity contribution < 1.29 is 4.79 Å². The van der Waals surface area contributed by atoms with Crippen LogP contribution in [0.2, 0.25) is 0 Å². The van der Waals surface area contributed by atoms with Crippen molar-refractivity contribution in [2.45, 2.75) is 46.2 Å². The number of nitrogens with one attached hydrogen (secondary N) is 1. The minimum absolute atomic E-state index is 0.172. The molecule has 1 aliphatic rings. The van der Waals surface area contributed by atoms with E-state index < -0.39 is 0 Å². The molecular weight excluding hydrogens is 464 g/mol. The van der Waals surface area contributed by atoms with Crippen molar-refractivity contribution in [3.05, 3.63) is 60.4 Å². The van der Waals surface area contributed by atoms with Gasteiger partial charge in [0.25, 0.3) is 5.91 Å². The third-order valence-electron chi connectivity index (χ3n) is 6.84. The van der Waals surface area contributed by atoms with E-state index in [4.69, 9.17) is 4.98 Å². The number of aromatic nitrogens is 5. The molecule has 1 amide bonds. The molecule has 0 atom stereocenters. The van der Waals surface area contributed by atoms with E-state index in [0.717, 1.165) is 42.9 Å². The molecule has 0 aliphatic carbocycles. The summed E-state index contributed by atoms with van der Waals surface area (Å²) < 4.78 is 1.95. The largest absolute Gasteiger partial charge is 0.354 e. The van der Waals surface area contributed by atoms with Crippen molar-refractivity contribution in [2.24, 2.45) is 0 Å². The van der Waals surface area contributed by atoms with Crippen LogP contribution in [0.5, 0.6) is 0 Å². The van der Waals surface area contributed by atoms with Crippen LogP contribution in [0.15, 0.2) is 54.9 Å². The monoisotopic (exact) mass is 498 g/mol. The molecule has 5 rings (SSSR count). The van der Waals surface area contributed by atoms with E-state index in [-0.39, 0.29) is 17.5 Å². The highest BCUT2D eigenvalue weighted by molar-refractivity contribution is 6.05. The van der Waals surface area contributed by atoms with Gasteiger partial charge in [-0.1, -0.05) is 12.1 Å². The zero-order valence-corrected chi connectivity index (χ0v) is 22.1. The lowest BCUT2D eigenvalue weighted by Crippen LogP contribution is -2.53. The van der Waals surface area contributed by atoms with Gasteiger partial charge in [-0.05, 0) is 71.0 Å². The Kier molecular flexibility index (Phi) is 6.64. The molecule has 37 heavy (non-hydrogen) atoms. The number of fused-ring (bicyclic) bond motifs is 1. The molecule has 0 saturated carbocycles. The first-order valence-corrected chi connectivity index (χ1v) is 12.8. The maximum Gasteiger partial charge on any atom is 0.256 e. The highest BCUT2D eigenvalue weighted by atomic mass is 16.1. The van der Waals surface area contributed by atoms with Crippen molar-refractivity contribution >= 4 is 28.4 Å². The molecule has 4 heterocycles. The van der Waals surface area contributed by atoms with Gasteiger partial charge in [0.1, 0.15) is 23.7 Å². The van der Waals surface area contributed by atoms with Crippen LogP contribution >= 0.6 is 0 Å². The Hall–Kier alpha value is -3.85. The maximum absolute atomic E-state index is 13.1. The number of benzene rings is 1. The standard InChI is InChI=1S/C28H34N8O/c1-19(2)36-18-29-33-26(36)22-7-6-8-24(30-22)32-27(37)21-10-9-20-11-12-25(31-23(20)17-21)34-13-15-35(16-14-34)28(3,4)5/h6-12,17-19H,13-16H2,1-5H3,(H,30,32,37). The Balaban J connectivity index is 1.33. The average molecular weight is 499 g/mol. The van der Waals surface area contributed by atoms with Crippen molar-refractivity contribution in [3.8, 4) is 11.5 Å². The van der Waals surface area contributed by atoms with Gasteiger partial charge >= 0.3 is 0 Å². The van der Waals surface area contributed by atoms with Crippen molar-refractivity contribution in [1.29, 1.82) is 0 Å². The molecule has 4 aromatic rings. The minimum atomic E-state index is -0.233. The third-order valence-corrected chi connectivity index (χ3v) is 6.84. The molecule has 1 aromatic carbocycles. The molecule has 0 unspecified atom stereocenters.